The molecule has 2 atom stereocenters. The molecule has 0 saturated carbocycles. The first-order valence-corrected chi connectivity index (χ1v) is 18.5. The van der Waals surface area contributed by atoms with Gasteiger partial charge in [-0.05, 0) is 80.0 Å². The van der Waals surface area contributed by atoms with Gasteiger partial charge in [0.1, 0.15) is 23.4 Å². The molecule has 1 aliphatic heterocycles. The lowest BCUT2D eigenvalue weighted by Crippen LogP contribution is -2.55. The van der Waals surface area contributed by atoms with E-state index in [9.17, 15) is 10.2 Å². The molecule has 0 amide bonds. The first-order chi connectivity index (χ1) is 23.3. The van der Waals surface area contributed by atoms with Gasteiger partial charge in [-0.3, -0.25) is 0 Å². The second kappa shape index (κ2) is 13.0. The van der Waals surface area contributed by atoms with Crippen LogP contribution >= 0.6 is 0 Å². The summed E-state index contributed by atoms with van der Waals surface area (Å²) in [5, 5.41) is 27.0. The summed E-state index contributed by atoms with van der Waals surface area (Å²) in [5.74, 6) is -1.12. The minimum absolute atomic E-state index is 0.0683. The lowest BCUT2D eigenvalue weighted by molar-refractivity contribution is -0.172. The zero-order chi connectivity index (χ0) is 38.0. The molecule has 1 fully saturated rings. The van der Waals surface area contributed by atoms with Crippen molar-refractivity contribution in [2.45, 2.75) is 148 Å². The van der Waals surface area contributed by atoms with Gasteiger partial charge in [-0.25, -0.2) is 0 Å². The molecule has 51 heavy (non-hydrogen) atoms. The topological polar surface area (TPSA) is 58.9 Å². The normalized spacial score (nSPS) is 19.0. The molecular weight excluding hydrogens is 629 g/mol. The fourth-order valence-corrected chi connectivity index (χ4v) is 7.26. The van der Waals surface area contributed by atoms with Gasteiger partial charge < -0.3 is 19.7 Å². The number of benzene rings is 4. The second-order valence-corrected chi connectivity index (χ2v) is 19.3. The number of aliphatic hydroxyl groups is 2. The van der Waals surface area contributed by atoms with Crippen LogP contribution in [0.5, 0.6) is 0 Å². The Hall–Kier alpha value is -3.28. The van der Waals surface area contributed by atoms with E-state index in [4.69, 9.17) is 9.47 Å². The van der Waals surface area contributed by atoms with Crippen LogP contribution in [0, 0.1) is 0 Å². The van der Waals surface area contributed by atoms with Crippen LogP contribution in [-0.4, -0.2) is 28.2 Å². The van der Waals surface area contributed by atoms with E-state index in [0.29, 0.717) is 22.3 Å². The van der Waals surface area contributed by atoms with Gasteiger partial charge in [-0.15, -0.1) is 0 Å². The smallest absolute Gasteiger partial charge is 0.164 e. The average molecular weight is 691 g/mol. The second-order valence-electron chi connectivity index (χ2n) is 19.3. The molecule has 0 unspecified atom stereocenters. The van der Waals surface area contributed by atoms with Crippen molar-refractivity contribution >= 4 is 0 Å². The van der Waals surface area contributed by atoms with Crippen LogP contribution in [0.3, 0.4) is 0 Å². The maximum atomic E-state index is 13.5. The van der Waals surface area contributed by atoms with Gasteiger partial charge in [-0.2, -0.15) is 0 Å². The summed E-state index contributed by atoms with van der Waals surface area (Å²) >= 11 is 0. The van der Waals surface area contributed by atoms with E-state index in [1.807, 2.05) is 62.4 Å². The van der Waals surface area contributed by atoms with Crippen LogP contribution < -0.4 is 0 Å². The highest BCUT2D eigenvalue weighted by atomic mass is 16.8. The first kappa shape index (κ1) is 38.9. The Morgan fingerprint density at radius 2 is 0.510 bits per heavy atom. The Labute approximate surface area is 308 Å². The summed E-state index contributed by atoms with van der Waals surface area (Å²) in [7, 11) is 0. The highest BCUT2D eigenvalue weighted by Gasteiger charge is 2.61. The van der Waals surface area contributed by atoms with Crippen molar-refractivity contribution in [3.8, 4) is 0 Å². The fraction of sp³-hybridized carbons (Fsp3) is 0.489. The van der Waals surface area contributed by atoms with Gasteiger partial charge in [0.2, 0.25) is 0 Å². The van der Waals surface area contributed by atoms with Crippen LogP contribution in [0.2, 0.25) is 0 Å². The third kappa shape index (κ3) is 7.62. The molecule has 1 heterocycles. The summed E-state index contributed by atoms with van der Waals surface area (Å²) in [6.07, 6.45) is -2.02. The lowest BCUT2D eigenvalue weighted by atomic mass is 9.70. The van der Waals surface area contributed by atoms with Crippen LogP contribution in [-0.2, 0) is 42.3 Å². The average Bonchev–Trinajstić information content (AvgIpc) is 3.38. The molecule has 0 spiro atoms. The highest BCUT2D eigenvalue weighted by Crippen LogP contribution is 2.51. The van der Waals surface area contributed by atoms with E-state index >= 15 is 0 Å². The number of hydrogen-bond acceptors (Lipinski definition) is 4. The molecule has 4 aromatic rings. The van der Waals surface area contributed by atoms with Crippen LogP contribution in [0.15, 0.2) is 97.1 Å². The summed E-state index contributed by atoms with van der Waals surface area (Å²) in [6, 6.07) is 32.7. The molecule has 1 aliphatic rings. The molecule has 5 rings (SSSR count). The van der Waals surface area contributed by atoms with Crippen LogP contribution in [0.4, 0.5) is 0 Å². The van der Waals surface area contributed by atoms with Gasteiger partial charge in [-0.1, -0.05) is 180 Å². The summed E-state index contributed by atoms with van der Waals surface area (Å²) in [4.78, 5) is 0. The predicted octanol–water partition coefficient (Wildman–Crippen LogP) is 10.6. The zero-order valence-electron chi connectivity index (χ0n) is 33.6. The van der Waals surface area contributed by atoms with Gasteiger partial charge >= 0.3 is 0 Å². The summed E-state index contributed by atoms with van der Waals surface area (Å²) < 4.78 is 13.7. The molecule has 0 radical (unpaired) electrons. The minimum atomic E-state index is -1.70. The van der Waals surface area contributed by atoms with Crippen LogP contribution in [0.1, 0.15) is 141 Å². The van der Waals surface area contributed by atoms with E-state index in [1.54, 1.807) is 0 Å². The lowest BCUT2D eigenvalue weighted by Gasteiger charge is -2.43. The zero-order valence-corrected chi connectivity index (χ0v) is 33.6. The third-order valence-corrected chi connectivity index (χ3v) is 10.7. The quantitative estimate of drug-likeness (QED) is 0.211. The van der Waals surface area contributed by atoms with Crippen LogP contribution in [0.25, 0.3) is 0 Å². The van der Waals surface area contributed by atoms with Crippen molar-refractivity contribution in [1.82, 2.24) is 0 Å². The maximum Gasteiger partial charge on any atom is 0.164 e. The van der Waals surface area contributed by atoms with Crippen molar-refractivity contribution < 1.29 is 19.7 Å². The van der Waals surface area contributed by atoms with E-state index < -0.39 is 29.2 Å². The van der Waals surface area contributed by atoms with Gasteiger partial charge in [0.15, 0.2) is 5.79 Å². The molecule has 0 aliphatic carbocycles. The monoisotopic (exact) mass is 690 g/mol. The highest BCUT2D eigenvalue weighted by molar-refractivity contribution is 5.47. The number of rotatable bonds is 6. The maximum absolute atomic E-state index is 13.5. The van der Waals surface area contributed by atoms with Crippen molar-refractivity contribution in [3.05, 3.63) is 142 Å². The Bertz CT molecular complexity index is 1540. The first-order valence-electron chi connectivity index (χ1n) is 18.5. The molecule has 0 aromatic heterocycles. The molecule has 4 heteroatoms. The molecule has 274 valence electrons. The Kier molecular flexibility index (Phi) is 9.92. The standard InChI is InChI=1S/C47H62O4/c1-41(2,3)31-15-23-35(24-16-31)46(48,36-25-17-32(18-26-36)42(4,5)6)39-40(51-45(13,14)50-39)47(49,37-27-19-33(20-28-37)43(7,8)9)38-29-21-34(22-30-38)44(10,11)12/h15-30,39-40,48-49H,1-14H3/t39-,40-/m0/s1. The third-order valence-electron chi connectivity index (χ3n) is 10.7. The Morgan fingerprint density at radius 3 is 0.667 bits per heavy atom. The Balaban J connectivity index is 1.78. The van der Waals surface area contributed by atoms with Gasteiger partial charge in [0, 0.05) is 0 Å². The van der Waals surface area contributed by atoms with E-state index in [-0.39, 0.29) is 21.7 Å². The van der Waals surface area contributed by atoms with Crippen molar-refractivity contribution in [1.29, 1.82) is 0 Å². The van der Waals surface area contributed by atoms with Crippen molar-refractivity contribution in [3.63, 3.8) is 0 Å². The molecule has 4 aromatic carbocycles. The number of hydrogen-bond donors (Lipinski definition) is 2. The summed E-state index contributed by atoms with van der Waals surface area (Å²) in [6.45, 7) is 29.9. The predicted molar refractivity (Wildman–Crippen MR) is 210 cm³/mol. The van der Waals surface area contributed by atoms with E-state index in [2.05, 4.69) is 132 Å². The minimum Gasteiger partial charge on any atom is -0.378 e. The van der Waals surface area contributed by atoms with Gasteiger partial charge in [0.05, 0.1) is 0 Å². The Morgan fingerprint density at radius 1 is 0.353 bits per heavy atom. The van der Waals surface area contributed by atoms with Crippen molar-refractivity contribution in [2.75, 3.05) is 0 Å². The van der Waals surface area contributed by atoms with E-state index in [1.165, 1.54) is 0 Å². The van der Waals surface area contributed by atoms with E-state index in [0.717, 1.165) is 22.3 Å². The molecule has 0 bridgehead atoms. The summed E-state index contributed by atoms with van der Waals surface area (Å²) in [5.41, 5.74) is 3.65. The molecular formula is C47H62O4. The number of ether oxygens (including phenoxy) is 2. The SMILES string of the molecule is CC1(C)O[C@H](C(O)(c2ccc(C(C)(C)C)cc2)c2ccc(C(C)(C)C)cc2)[C@@H](C(O)(c2ccc(C(C)(C)C)cc2)c2ccc(C(C)(C)C)cc2)O1. The fourth-order valence-electron chi connectivity index (χ4n) is 7.26. The molecule has 4 nitrogen and oxygen atoms in total. The molecule has 2 N–H and O–H groups in total. The largest absolute Gasteiger partial charge is 0.378 e. The van der Waals surface area contributed by atoms with Crippen molar-refractivity contribution in [2.24, 2.45) is 0 Å². The molecule has 1 saturated heterocycles. The van der Waals surface area contributed by atoms with Gasteiger partial charge in [0.25, 0.3) is 0 Å².